The van der Waals surface area contributed by atoms with Gasteiger partial charge in [-0.05, 0) is 52.2 Å². The molecule has 106 valence electrons. The Labute approximate surface area is 121 Å². The van der Waals surface area contributed by atoms with Crippen LogP contribution in [0.2, 0.25) is 5.02 Å². The van der Waals surface area contributed by atoms with Crippen molar-refractivity contribution in [1.82, 2.24) is 10.3 Å². The number of nitrogens with one attached hydrogen (secondary N) is 1. The molecule has 2 rings (SSSR count). The lowest BCUT2D eigenvalue weighted by atomic mass is 10.1. The first-order chi connectivity index (χ1) is 8.90. The van der Waals surface area contributed by atoms with Crippen LogP contribution >= 0.6 is 11.6 Å². The van der Waals surface area contributed by atoms with Gasteiger partial charge in [0.1, 0.15) is 5.82 Å². The van der Waals surface area contributed by atoms with Crippen LogP contribution in [0.1, 0.15) is 46.1 Å². The Kier molecular flexibility index (Phi) is 4.36. The van der Waals surface area contributed by atoms with E-state index in [2.05, 4.69) is 42.9 Å². The van der Waals surface area contributed by atoms with Gasteiger partial charge in [-0.3, -0.25) is 0 Å². The summed E-state index contributed by atoms with van der Waals surface area (Å²) in [4.78, 5) is 6.87. The summed E-state index contributed by atoms with van der Waals surface area (Å²) < 4.78 is 0. The van der Waals surface area contributed by atoms with Crippen molar-refractivity contribution in [2.24, 2.45) is 0 Å². The third-order valence-electron chi connectivity index (χ3n) is 3.30. The maximum atomic E-state index is 6.39. The minimum Gasteiger partial charge on any atom is -0.353 e. The molecule has 0 bridgehead atoms. The van der Waals surface area contributed by atoms with Crippen molar-refractivity contribution in [3.63, 3.8) is 0 Å². The second-order valence-corrected chi connectivity index (χ2v) is 6.68. The lowest BCUT2D eigenvalue weighted by molar-refractivity contribution is 0.424. The minimum atomic E-state index is 0.106. The van der Waals surface area contributed by atoms with Crippen molar-refractivity contribution in [1.29, 1.82) is 0 Å². The van der Waals surface area contributed by atoms with Crippen LogP contribution in [0.5, 0.6) is 0 Å². The first-order valence-corrected chi connectivity index (χ1v) is 7.44. The van der Waals surface area contributed by atoms with Gasteiger partial charge in [-0.15, -0.1) is 0 Å². The van der Waals surface area contributed by atoms with Gasteiger partial charge < -0.3 is 10.2 Å². The van der Waals surface area contributed by atoms with Gasteiger partial charge in [-0.2, -0.15) is 0 Å². The van der Waals surface area contributed by atoms with Crippen LogP contribution in [-0.2, 0) is 6.54 Å². The average Bonchev–Trinajstić information content (AvgIpc) is 3.13. The molecule has 0 aromatic carbocycles. The highest BCUT2D eigenvalue weighted by molar-refractivity contribution is 6.33. The van der Waals surface area contributed by atoms with E-state index < -0.39 is 0 Å². The van der Waals surface area contributed by atoms with Gasteiger partial charge in [-0.1, -0.05) is 11.6 Å². The highest BCUT2D eigenvalue weighted by Crippen LogP contribution is 2.34. The molecule has 0 unspecified atom stereocenters. The zero-order chi connectivity index (χ0) is 14.0. The van der Waals surface area contributed by atoms with E-state index in [9.17, 15) is 0 Å². The molecule has 1 aliphatic rings. The van der Waals surface area contributed by atoms with E-state index in [0.717, 1.165) is 29.5 Å². The van der Waals surface area contributed by atoms with Crippen molar-refractivity contribution in [3.05, 3.63) is 22.8 Å². The summed E-state index contributed by atoms with van der Waals surface area (Å²) in [5, 5.41) is 4.22. The topological polar surface area (TPSA) is 28.2 Å². The maximum Gasteiger partial charge on any atom is 0.147 e. The Morgan fingerprint density at radius 2 is 2.11 bits per heavy atom. The van der Waals surface area contributed by atoms with Gasteiger partial charge in [0.15, 0.2) is 0 Å². The molecule has 1 heterocycles. The molecule has 1 aromatic rings. The summed E-state index contributed by atoms with van der Waals surface area (Å²) in [6.45, 7) is 10.4. The number of pyridine rings is 1. The fourth-order valence-corrected chi connectivity index (χ4v) is 2.41. The predicted molar refractivity (Wildman–Crippen MR) is 81.9 cm³/mol. The van der Waals surface area contributed by atoms with Gasteiger partial charge in [0.05, 0.1) is 5.02 Å². The summed E-state index contributed by atoms with van der Waals surface area (Å²) in [6.07, 6.45) is 4.46. The van der Waals surface area contributed by atoms with Crippen LogP contribution in [0, 0.1) is 0 Å². The van der Waals surface area contributed by atoms with Crippen molar-refractivity contribution in [2.75, 3.05) is 11.4 Å². The highest BCUT2D eigenvalue weighted by atomic mass is 35.5. The fourth-order valence-electron chi connectivity index (χ4n) is 2.11. The van der Waals surface area contributed by atoms with Gasteiger partial charge in [0.2, 0.25) is 0 Å². The number of hydrogen-bond acceptors (Lipinski definition) is 3. The first kappa shape index (κ1) is 14.6. The van der Waals surface area contributed by atoms with Crippen LogP contribution in [0.4, 0.5) is 5.82 Å². The highest BCUT2D eigenvalue weighted by Gasteiger charge is 2.30. The molecule has 1 saturated carbocycles. The molecule has 1 aromatic heterocycles. The number of anilines is 1. The summed E-state index contributed by atoms with van der Waals surface area (Å²) in [7, 11) is 0. The second kappa shape index (κ2) is 5.68. The Bertz CT molecular complexity index is 436. The SMILES string of the molecule is CCN(c1ncc(CNC(C)(C)C)cc1Cl)C1CC1. The fraction of sp³-hybridized carbons (Fsp3) is 0.667. The zero-order valence-corrected chi connectivity index (χ0v) is 13.1. The molecule has 19 heavy (non-hydrogen) atoms. The monoisotopic (exact) mass is 281 g/mol. The lowest BCUT2D eigenvalue weighted by Crippen LogP contribution is -2.35. The van der Waals surface area contributed by atoms with E-state index in [1.807, 2.05) is 12.3 Å². The molecule has 1 aliphatic carbocycles. The number of aromatic nitrogens is 1. The Hall–Kier alpha value is -0.800. The third-order valence-corrected chi connectivity index (χ3v) is 3.58. The quantitative estimate of drug-likeness (QED) is 0.894. The van der Waals surface area contributed by atoms with E-state index in [-0.39, 0.29) is 5.54 Å². The van der Waals surface area contributed by atoms with E-state index in [4.69, 9.17) is 11.6 Å². The normalized spacial score (nSPS) is 15.6. The molecule has 0 atom stereocenters. The van der Waals surface area contributed by atoms with Crippen LogP contribution < -0.4 is 10.2 Å². The molecule has 4 heteroatoms. The molecule has 0 amide bonds. The largest absolute Gasteiger partial charge is 0.353 e. The number of hydrogen-bond donors (Lipinski definition) is 1. The molecular weight excluding hydrogens is 258 g/mol. The first-order valence-electron chi connectivity index (χ1n) is 7.07. The molecule has 0 radical (unpaired) electrons. The van der Waals surface area contributed by atoms with E-state index in [0.29, 0.717) is 6.04 Å². The molecule has 1 fully saturated rings. The Morgan fingerprint density at radius 3 is 2.58 bits per heavy atom. The van der Waals surface area contributed by atoms with Crippen molar-refractivity contribution < 1.29 is 0 Å². The lowest BCUT2D eigenvalue weighted by Gasteiger charge is -2.24. The molecular formula is C15H24ClN3. The van der Waals surface area contributed by atoms with Crippen LogP contribution in [0.25, 0.3) is 0 Å². The molecule has 0 saturated heterocycles. The molecule has 3 nitrogen and oxygen atoms in total. The number of nitrogens with zero attached hydrogens (tertiary/aromatic N) is 2. The van der Waals surface area contributed by atoms with Crippen molar-refractivity contribution in [2.45, 2.75) is 58.7 Å². The zero-order valence-electron chi connectivity index (χ0n) is 12.3. The second-order valence-electron chi connectivity index (χ2n) is 6.27. The van der Waals surface area contributed by atoms with Crippen LogP contribution in [-0.4, -0.2) is 23.1 Å². The van der Waals surface area contributed by atoms with E-state index in [1.165, 1.54) is 12.8 Å². The van der Waals surface area contributed by atoms with Gasteiger partial charge >= 0.3 is 0 Å². The summed E-state index contributed by atoms with van der Waals surface area (Å²) in [5.41, 5.74) is 1.24. The Morgan fingerprint density at radius 1 is 1.42 bits per heavy atom. The summed E-state index contributed by atoms with van der Waals surface area (Å²) in [6, 6.07) is 2.68. The predicted octanol–water partition coefficient (Wildman–Crippen LogP) is 3.61. The van der Waals surface area contributed by atoms with Gasteiger partial charge in [0.25, 0.3) is 0 Å². The smallest absolute Gasteiger partial charge is 0.147 e. The number of halogens is 1. The Balaban J connectivity index is 2.08. The summed E-state index contributed by atoms with van der Waals surface area (Å²) in [5.74, 6) is 0.936. The van der Waals surface area contributed by atoms with E-state index >= 15 is 0 Å². The van der Waals surface area contributed by atoms with Crippen molar-refractivity contribution in [3.8, 4) is 0 Å². The summed E-state index contributed by atoms with van der Waals surface area (Å²) >= 11 is 6.39. The van der Waals surface area contributed by atoms with Gasteiger partial charge in [0, 0.05) is 30.9 Å². The van der Waals surface area contributed by atoms with Crippen LogP contribution in [0.3, 0.4) is 0 Å². The average molecular weight is 282 g/mol. The van der Waals surface area contributed by atoms with Gasteiger partial charge in [-0.25, -0.2) is 4.98 Å². The number of rotatable bonds is 5. The molecule has 0 aliphatic heterocycles. The molecule has 1 N–H and O–H groups in total. The van der Waals surface area contributed by atoms with Crippen LogP contribution in [0.15, 0.2) is 12.3 Å². The minimum absolute atomic E-state index is 0.106. The van der Waals surface area contributed by atoms with Crippen molar-refractivity contribution >= 4 is 17.4 Å². The van der Waals surface area contributed by atoms with E-state index in [1.54, 1.807) is 0 Å². The maximum absolute atomic E-state index is 6.39. The third kappa shape index (κ3) is 4.08. The standard InChI is InChI=1S/C15H24ClN3/c1-5-19(12-6-7-12)14-13(16)8-11(9-17-14)10-18-15(2,3)4/h8-9,12,18H,5-7,10H2,1-4H3. The molecule has 0 spiro atoms.